The van der Waals surface area contributed by atoms with Crippen LogP contribution in [0.4, 0.5) is 17.6 Å². The van der Waals surface area contributed by atoms with Crippen LogP contribution in [0.5, 0.6) is 0 Å². The molecule has 3 nitrogen and oxygen atoms in total. The van der Waals surface area contributed by atoms with E-state index in [1.165, 1.54) is 30.0 Å². The normalized spacial score (nSPS) is 11.8. The van der Waals surface area contributed by atoms with Gasteiger partial charge in [0.15, 0.2) is 5.82 Å². The fraction of sp³-hybridized carbons (Fsp3) is 0.125. The summed E-state index contributed by atoms with van der Waals surface area (Å²) < 4.78 is 54.2. The maximum atomic E-state index is 14.0. The van der Waals surface area contributed by atoms with Gasteiger partial charge in [-0.2, -0.15) is 13.2 Å². The van der Waals surface area contributed by atoms with Crippen molar-refractivity contribution in [3.8, 4) is 17.1 Å². The van der Waals surface area contributed by atoms with Crippen LogP contribution in [0.25, 0.3) is 17.1 Å². The Labute approximate surface area is 149 Å². The Morgan fingerprint density at radius 2 is 1.88 bits per heavy atom. The topological polar surface area (TPSA) is 30.7 Å². The average molecular weight is 388 g/mol. The molecule has 3 rings (SSSR count). The van der Waals surface area contributed by atoms with Gasteiger partial charge in [0.05, 0.1) is 5.69 Å². The van der Waals surface area contributed by atoms with E-state index in [-0.39, 0.29) is 11.5 Å². The number of thioether (sulfide) groups is 1. The molecule has 0 aliphatic rings. The van der Waals surface area contributed by atoms with Crippen LogP contribution in [-0.4, -0.2) is 21.0 Å². The van der Waals surface area contributed by atoms with Crippen molar-refractivity contribution in [1.82, 2.24) is 14.8 Å². The minimum absolute atomic E-state index is 0.0777. The van der Waals surface area contributed by atoms with Gasteiger partial charge < -0.3 is 0 Å². The summed E-state index contributed by atoms with van der Waals surface area (Å²) in [5.74, 6) is -1.94. The first-order valence-corrected chi connectivity index (χ1v) is 8.54. The molecule has 0 saturated heterocycles. The fourth-order valence-corrected chi connectivity index (χ4v) is 2.86. The van der Waals surface area contributed by atoms with Crippen molar-refractivity contribution in [2.24, 2.45) is 0 Å². The lowest BCUT2D eigenvalue weighted by atomic mass is 10.2. The summed E-state index contributed by atoms with van der Waals surface area (Å²) in [6.07, 6.45) is -3.02. The van der Waals surface area contributed by atoms with Gasteiger partial charge in [-0.3, -0.25) is 0 Å². The van der Waals surface area contributed by atoms with Crippen LogP contribution in [0.1, 0.15) is 5.82 Å². The Balaban J connectivity index is 2.21. The van der Waals surface area contributed by atoms with Gasteiger partial charge in [0.2, 0.25) is 0 Å². The molecule has 0 fully saturated rings. The molecule has 130 valence electrons. The largest absolute Gasteiger partial charge is 0.453 e. The number of benzene rings is 2. The number of alkyl halides is 3. The van der Waals surface area contributed by atoms with Gasteiger partial charge in [0, 0.05) is 21.5 Å². The predicted molar refractivity (Wildman–Crippen MR) is 88.5 cm³/mol. The van der Waals surface area contributed by atoms with E-state index in [1.54, 1.807) is 24.5 Å². The third-order valence-corrected chi connectivity index (χ3v) is 4.33. The SMILES string of the molecule is CSc1ccc(-n2nc(C(F)(F)F)nc2-c2cccc(Cl)c2)cc1F. The fourth-order valence-electron chi connectivity index (χ4n) is 2.21. The summed E-state index contributed by atoms with van der Waals surface area (Å²) in [7, 11) is 0. The minimum atomic E-state index is -4.73. The Bertz CT molecular complexity index is 924. The van der Waals surface area contributed by atoms with E-state index in [4.69, 9.17) is 11.6 Å². The summed E-state index contributed by atoms with van der Waals surface area (Å²) in [4.78, 5) is 3.96. The monoisotopic (exact) mass is 387 g/mol. The third-order valence-electron chi connectivity index (χ3n) is 3.32. The van der Waals surface area contributed by atoms with E-state index in [0.29, 0.717) is 15.5 Å². The van der Waals surface area contributed by atoms with E-state index in [1.807, 2.05) is 0 Å². The van der Waals surface area contributed by atoms with Crippen molar-refractivity contribution < 1.29 is 17.6 Å². The molecule has 0 atom stereocenters. The molecule has 25 heavy (non-hydrogen) atoms. The molecule has 0 unspecified atom stereocenters. The van der Waals surface area contributed by atoms with E-state index in [0.717, 1.165) is 10.7 Å². The Morgan fingerprint density at radius 3 is 2.48 bits per heavy atom. The molecule has 0 saturated carbocycles. The second-order valence-corrected chi connectivity index (χ2v) is 6.28. The molecule has 0 aliphatic heterocycles. The van der Waals surface area contributed by atoms with Crippen molar-refractivity contribution in [3.63, 3.8) is 0 Å². The molecular weight excluding hydrogens is 378 g/mol. The third kappa shape index (κ3) is 3.64. The molecule has 2 aromatic carbocycles. The van der Waals surface area contributed by atoms with Gasteiger partial charge in [0.1, 0.15) is 5.82 Å². The summed E-state index contributed by atoms with van der Waals surface area (Å²) in [5.41, 5.74) is 0.470. The van der Waals surface area contributed by atoms with Crippen LogP contribution in [0.3, 0.4) is 0 Å². The van der Waals surface area contributed by atoms with Crippen LogP contribution >= 0.6 is 23.4 Å². The summed E-state index contributed by atoms with van der Waals surface area (Å²) in [6, 6.07) is 10.3. The second-order valence-electron chi connectivity index (χ2n) is 5.00. The van der Waals surface area contributed by atoms with E-state index < -0.39 is 17.8 Å². The number of halogens is 5. The van der Waals surface area contributed by atoms with Crippen molar-refractivity contribution in [2.75, 3.05) is 6.26 Å². The smallest absolute Gasteiger partial charge is 0.213 e. The molecule has 0 radical (unpaired) electrons. The number of hydrogen-bond acceptors (Lipinski definition) is 3. The Hall–Kier alpha value is -2.06. The van der Waals surface area contributed by atoms with Crippen LogP contribution in [-0.2, 0) is 6.18 Å². The number of aromatic nitrogens is 3. The van der Waals surface area contributed by atoms with E-state index in [2.05, 4.69) is 10.1 Å². The zero-order chi connectivity index (χ0) is 18.2. The van der Waals surface area contributed by atoms with Crippen molar-refractivity contribution in [1.29, 1.82) is 0 Å². The summed E-state index contributed by atoms with van der Waals surface area (Å²) in [5, 5.41) is 3.86. The molecule has 0 amide bonds. The molecule has 1 aromatic heterocycles. The van der Waals surface area contributed by atoms with Gasteiger partial charge in [-0.15, -0.1) is 16.9 Å². The molecule has 3 aromatic rings. The first-order valence-electron chi connectivity index (χ1n) is 6.93. The van der Waals surface area contributed by atoms with Crippen molar-refractivity contribution in [2.45, 2.75) is 11.1 Å². The highest BCUT2D eigenvalue weighted by atomic mass is 35.5. The molecule has 1 heterocycles. The number of nitrogens with zero attached hydrogens (tertiary/aromatic N) is 3. The van der Waals surface area contributed by atoms with Gasteiger partial charge in [-0.05, 0) is 30.5 Å². The highest BCUT2D eigenvalue weighted by Crippen LogP contribution is 2.32. The Morgan fingerprint density at radius 1 is 1.12 bits per heavy atom. The van der Waals surface area contributed by atoms with Gasteiger partial charge in [0.25, 0.3) is 5.82 Å². The quantitative estimate of drug-likeness (QED) is 0.441. The summed E-state index contributed by atoms with van der Waals surface area (Å²) >= 11 is 7.11. The van der Waals surface area contributed by atoms with Crippen molar-refractivity contribution in [3.05, 3.63) is 59.1 Å². The average Bonchev–Trinajstić information content (AvgIpc) is 3.00. The molecule has 0 aliphatic carbocycles. The first-order chi connectivity index (χ1) is 11.8. The second kappa shape index (κ2) is 6.68. The highest BCUT2D eigenvalue weighted by Gasteiger charge is 2.37. The van der Waals surface area contributed by atoms with Gasteiger partial charge >= 0.3 is 6.18 Å². The lowest BCUT2D eigenvalue weighted by Gasteiger charge is -2.08. The maximum absolute atomic E-state index is 14.0. The van der Waals surface area contributed by atoms with Crippen LogP contribution in [0, 0.1) is 5.82 Å². The zero-order valence-electron chi connectivity index (χ0n) is 12.7. The van der Waals surface area contributed by atoms with Gasteiger partial charge in [-0.1, -0.05) is 23.7 Å². The van der Waals surface area contributed by atoms with E-state index in [9.17, 15) is 17.6 Å². The van der Waals surface area contributed by atoms with Crippen LogP contribution < -0.4 is 0 Å². The molecular formula is C16H10ClF4N3S. The zero-order valence-corrected chi connectivity index (χ0v) is 14.3. The standard InChI is InChI=1S/C16H10ClF4N3S/c1-25-13-6-5-11(8-12(13)18)24-14(9-3-2-4-10(17)7-9)22-15(23-24)16(19,20)21/h2-8H,1H3. The number of rotatable bonds is 3. The van der Waals surface area contributed by atoms with Crippen molar-refractivity contribution >= 4 is 23.4 Å². The molecule has 0 bridgehead atoms. The Kier molecular flexibility index (Phi) is 4.75. The lowest BCUT2D eigenvalue weighted by molar-refractivity contribution is -0.144. The number of hydrogen-bond donors (Lipinski definition) is 0. The first kappa shape index (κ1) is 17.8. The van der Waals surface area contributed by atoms with Crippen LogP contribution in [0.2, 0.25) is 5.02 Å². The maximum Gasteiger partial charge on any atom is 0.453 e. The minimum Gasteiger partial charge on any atom is -0.213 e. The predicted octanol–water partition coefficient (Wildman–Crippen LogP) is 5.47. The lowest BCUT2D eigenvalue weighted by Crippen LogP contribution is -2.08. The summed E-state index contributed by atoms with van der Waals surface area (Å²) in [6.45, 7) is 0. The molecule has 0 spiro atoms. The van der Waals surface area contributed by atoms with E-state index >= 15 is 0 Å². The highest BCUT2D eigenvalue weighted by molar-refractivity contribution is 7.98. The van der Waals surface area contributed by atoms with Crippen LogP contribution in [0.15, 0.2) is 47.4 Å². The molecule has 0 N–H and O–H groups in total. The van der Waals surface area contributed by atoms with Gasteiger partial charge in [-0.25, -0.2) is 14.1 Å². The molecule has 9 heteroatoms.